The highest BCUT2D eigenvalue weighted by molar-refractivity contribution is 5.86. The summed E-state index contributed by atoms with van der Waals surface area (Å²) < 4.78 is 4.94. The summed E-state index contributed by atoms with van der Waals surface area (Å²) in [5.74, 6) is -0.633. The molecule has 2 rings (SSSR count). The molecule has 0 amide bonds. The third-order valence-corrected chi connectivity index (χ3v) is 2.36. The number of hydrogen-bond acceptors (Lipinski definition) is 6. The van der Waals surface area contributed by atoms with Crippen LogP contribution in [0.15, 0.2) is 39.0 Å². The monoisotopic (exact) mass is 244 g/mol. The number of aromatic carboxylic acids is 1. The maximum atomic E-state index is 10.6. The zero-order valence-corrected chi connectivity index (χ0v) is 9.88. The molecule has 1 aromatic heterocycles. The van der Waals surface area contributed by atoms with Crippen molar-refractivity contribution in [3.05, 3.63) is 41.3 Å². The Morgan fingerprint density at radius 2 is 1.89 bits per heavy atom. The van der Waals surface area contributed by atoms with Crippen molar-refractivity contribution in [2.45, 2.75) is 13.8 Å². The number of carbonyl (C=O) groups is 1. The normalized spacial score (nSPS) is 11.0. The van der Waals surface area contributed by atoms with Gasteiger partial charge in [-0.15, -0.1) is 5.11 Å². The average molecular weight is 244 g/mol. The first-order valence-electron chi connectivity index (χ1n) is 5.24. The number of carbonyl (C=O) groups excluding carboxylic acids is 1. The van der Waals surface area contributed by atoms with Crippen LogP contribution in [0.4, 0.5) is 11.4 Å². The molecule has 0 atom stereocenters. The molecule has 0 bridgehead atoms. The molecule has 18 heavy (non-hydrogen) atoms. The lowest BCUT2D eigenvalue weighted by Crippen LogP contribution is -2.21. The first-order valence-corrected chi connectivity index (χ1v) is 5.24. The molecule has 0 aliphatic rings. The summed E-state index contributed by atoms with van der Waals surface area (Å²) in [6, 6.07) is 5.92. The van der Waals surface area contributed by atoms with Crippen molar-refractivity contribution >= 4 is 17.3 Å². The zero-order valence-electron chi connectivity index (χ0n) is 9.88. The lowest BCUT2D eigenvalue weighted by atomic mass is 10.2. The highest BCUT2D eigenvalue weighted by Gasteiger charge is 2.07. The van der Waals surface area contributed by atoms with E-state index in [4.69, 9.17) is 4.52 Å². The smallest absolute Gasteiger partial charge is 0.161 e. The van der Waals surface area contributed by atoms with Gasteiger partial charge < -0.3 is 14.4 Å². The molecule has 6 heteroatoms. The van der Waals surface area contributed by atoms with Crippen LogP contribution in [0, 0.1) is 13.8 Å². The molecule has 0 N–H and O–H groups in total. The molecule has 0 spiro atoms. The lowest BCUT2D eigenvalue weighted by Gasteiger charge is -2.00. The van der Waals surface area contributed by atoms with Crippen LogP contribution in [-0.2, 0) is 0 Å². The molecule has 0 unspecified atom stereocenters. The molecule has 0 saturated carbocycles. The van der Waals surface area contributed by atoms with Crippen molar-refractivity contribution < 1.29 is 14.4 Å². The van der Waals surface area contributed by atoms with Crippen molar-refractivity contribution in [3.63, 3.8) is 0 Å². The van der Waals surface area contributed by atoms with Gasteiger partial charge in [0, 0.05) is 0 Å². The van der Waals surface area contributed by atoms with Gasteiger partial charge in [-0.25, -0.2) is 0 Å². The summed E-state index contributed by atoms with van der Waals surface area (Å²) in [6.45, 7) is 3.51. The molecular formula is C12H10N3O3-. The van der Waals surface area contributed by atoms with E-state index in [0.29, 0.717) is 22.8 Å². The molecule has 0 saturated heterocycles. The maximum Gasteiger partial charge on any atom is 0.161 e. The van der Waals surface area contributed by atoms with Gasteiger partial charge >= 0.3 is 0 Å². The fourth-order valence-electron chi connectivity index (χ4n) is 1.39. The summed E-state index contributed by atoms with van der Waals surface area (Å²) in [5, 5.41) is 22.3. The molecule has 0 radical (unpaired) electrons. The van der Waals surface area contributed by atoms with E-state index in [0.717, 1.165) is 0 Å². The Morgan fingerprint density at radius 1 is 1.22 bits per heavy atom. The van der Waals surface area contributed by atoms with E-state index in [1.54, 1.807) is 26.0 Å². The quantitative estimate of drug-likeness (QED) is 0.772. The van der Waals surface area contributed by atoms with Crippen LogP contribution < -0.4 is 5.11 Å². The average Bonchev–Trinajstić information content (AvgIpc) is 2.67. The van der Waals surface area contributed by atoms with Crippen LogP contribution in [-0.4, -0.2) is 11.1 Å². The van der Waals surface area contributed by atoms with Crippen LogP contribution in [0.5, 0.6) is 0 Å². The van der Waals surface area contributed by atoms with Crippen molar-refractivity contribution in [3.8, 4) is 0 Å². The Hall–Kier alpha value is -2.50. The Balaban J connectivity index is 2.21. The van der Waals surface area contributed by atoms with Gasteiger partial charge in [-0.3, -0.25) is 0 Å². The van der Waals surface area contributed by atoms with Crippen molar-refractivity contribution in [2.75, 3.05) is 0 Å². The lowest BCUT2D eigenvalue weighted by molar-refractivity contribution is -0.255. The van der Waals surface area contributed by atoms with Crippen LogP contribution in [0.25, 0.3) is 0 Å². The SMILES string of the molecule is Cc1noc(C)c1N=Nc1ccc(C(=O)[O-])cc1. The number of benzene rings is 1. The Kier molecular flexibility index (Phi) is 3.18. The Bertz CT molecular complexity index is 580. The van der Waals surface area contributed by atoms with Gasteiger partial charge in [-0.05, 0) is 31.5 Å². The van der Waals surface area contributed by atoms with Gasteiger partial charge in [-0.2, -0.15) is 5.11 Å². The summed E-state index contributed by atoms with van der Waals surface area (Å²) in [5.41, 5.74) is 1.88. The second-order valence-electron chi connectivity index (χ2n) is 3.71. The van der Waals surface area contributed by atoms with Crippen molar-refractivity contribution in [2.24, 2.45) is 10.2 Å². The van der Waals surface area contributed by atoms with Crippen molar-refractivity contribution in [1.82, 2.24) is 5.16 Å². The van der Waals surface area contributed by atoms with Gasteiger partial charge in [0.1, 0.15) is 5.69 Å². The first kappa shape index (κ1) is 12.0. The molecule has 92 valence electrons. The summed E-state index contributed by atoms with van der Waals surface area (Å²) in [7, 11) is 0. The minimum Gasteiger partial charge on any atom is -0.545 e. The molecule has 0 aliphatic carbocycles. The van der Waals surface area contributed by atoms with E-state index in [2.05, 4.69) is 15.4 Å². The number of azo groups is 1. The van der Waals surface area contributed by atoms with Gasteiger partial charge in [0.2, 0.25) is 0 Å². The van der Waals surface area contributed by atoms with Gasteiger partial charge in [0.25, 0.3) is 0 Å². The highest BCUT2D eigenvalue weighted by atomic mass is 16.5. The number of aryl methyl sites for hydroxylation is 2. The summed E-state index contributed by atoms with van der Waals surface area (Å²) in [4.78, 5) is 10.6. The number of carboxylic acid groups (broad SMARTS) is 1. The van der Waals surface area contributed by atoms with Crippen LogP contribution in [0.3, 0.4) is 0 Å². The van der Waals surface area contributed by atoms with Crippen LogP contribution in [0.2, 0.25) is 0 Å². The minimum absolute atomic E-state index is 0.103. The molecule has 6 nitrogen and oxygen atoms in total. The van der Waals surface area contributed by atoms with Gasteiger partial charge in [0.05, 0.1) is 11.7 Å². The van der Waals surface area contributed by atoms with E-state index in [9.17, 15) is 9.90 Å². The molecule has 1 aromatic carbocycles. The third kappa shape index (κ3) is 2.42. The first-order chi connectivity index (χ1) is 8.58. The van der Waals surface area contributed by atoms with Crippen LogP contribution in [0.1, 0.15) is 21.8 Å². The third-order valence-electron chi connectivity index (χ3n) is 2.36. The minimum atomic E-state index is -1.22. The second-order valence-corrected chi connectivity index (χ2v) is 3.71. The van der Waals surface area contributed by atoms with E-state index in [-0.39, 0.29) is 5.56 Å². The highest BCUT2D eigenvalue weighted by Crippen LogP contribution is 2.25. The predicted molar refractivity (Wildman–Crippen MR) is 60.9 cm³/mol. The van der Waals surface area contributed by atoms with Crippen molar-refractivity contribution in [1.29, 1.82) is 0 Å². The van der Waals surface area contributed by atoms with E-state index in [1.165, 1.54) is 12.1 Å². The van der Waals surface area contributed by atoms with Crippen LogP contribution >= 0.6 is 0 Å². The number of aromatic nitrogens is 1. The fraction of sp³-hybridized carbons (Fsp3) is 0.167. The summed E-state index contributed by atoms with van der Waals surface area (Å²) in [6.07, 6.45) is 0. The number of carboxylic acids is 1. The second kappa shape index (κ2) is 4.79. The summed E-state index contributed by atoms with van der Waals surface area (Å²) >= 11 is 0. The Morgan fingerprint density at radius 3 is 2.39 bits per heavy atom. The molecule has 0 aliphatic heterocycles. The number of rotatable bonds is 3. The molecular weight excluding hydrogens is 234 g/mol. The fourth-order valence-corrected chi connectivity index (χ4v) is 1.39. The zero-order chi connectivity index (χ0) is 13.1. The predicted octanol–water partition coefficient (Wildman–Crippen LogP) is 2.07. The van der Waals surface area contributed by atoms with E-state index in [1.807, 2.05) is 0 Å². The standard InChI is InChI=1S/C12H11N3O3/c1-7-11(8(2)18-15-7)14-13-10-5-3-9(4-6-10)12(16)17/h3-6H,1-2H3,(H,16,17)/p-1. The maximum absolute atomic E-state index is 10.6. The number of hydrogen-bond donors (Lipinski definition) is 0. The largest absolute Gasteiger partial charge is 0.545 e. The molecule has 2 aromatic rings. The Labute approximate surface area is 103 Å². The van der Waals surface area contributed by atoms with Gasteiger partial charge in [0.15, 0.2) is 11.4 Å². The number of nitrogens with zero attached hydrogens (tertiary/aromatic N) is 3. The molecule has 1 heterocycles. The van der Waals surface area contributed by atoms with E-state index >= 15 is 0 Å². The molecule has 0 fully saturated rings. The topological polar surface area (TPSA) is 90.9 Å². The van der Waals surface area contributed by atoms with Gasteiger partial charge in [-0.1, -0.05) is 17.3 Å². The van der Waals surface area contributed by atoms with E-state index < -0.39 is 5.97 Å².